The van der Waals surface area contributed by atoms with Crippen LogP contribution >= 0.6 is 0 Å². The molecule has 112 valence electrons. The molecule has 0 saturated heterocycles. The van der Waals surface area contributed by atoms with Gasteiger partial charge in [-0.15, -0.1) is 0 Å². The second kappa shape index (κ2) is 7.79. The zero-order chi connectivity index (χ0) is 15.1. The SMILES string of the molecule is CCCNC(C)c1cccc(-c2cncc(OCC)c2)c1. The van der Waals surface area contributed by atoms with Gasteiger partial charge in [-0.2, -0.15) is 0 Å². The van der Waals surface area contributed by atoms with E-state index in [4.69, 9.17) is 4.74 Å². The fourth-order valence-electron chi connectivity index (χ4n) is 2.29. The molecule has 2 rings (SSSR count). The predicted octanol–water partition coefficient (Wildman–Crippen LogP) is 4.21. The van der Waals surface area contributed by atoms with Crippen LogP contribution in [-0.2, 0) is 0 Å². The molecule has 2 aromatic rings. The van der Waals surface area contributed by atoms with Gasteiger partial charge in [0.2, 0.25) is 0 Å². The molecule has 3 nitrogen and oxygen atoms in total. The average Bonchev–Trinajstić information content (AvgIpc) is 2.53. The second-order valence-corrected chi connectivity index (χ2v) is 5.14. The lowest BCUT2D eigenvalue weighted by atomic mass is 10.0. The van der Waals surface area contributed by atoms with Crippen molar-refractivity contribution >= 4 is 0 Å². The Morgan fingerprint density at radius 1 is 1.14 bits per heavy atom. The maximum absolute atomic E-state index is 5.52. The van der Waals surface area contributed by atoms with Crippen LogP contribution in [0.4, 0.5) is 0 Å². The summed E-state index contributed by atoms with van der Waals surface area (Å²) in [5, 5.41) is 3.52. The third kappa shape index (κ3) is 4.30. The van der Waals surface area contributed by atoms with E-state index in [1.54, 1.807) is 6.20 Å². The molecule has 0 spiro atoms. The van der Waals surface area contributed by atoms with Gasteiger partial charge in [-0.05, 0) is 50.1 Å². The summed E-state index contributed by atoms with van der Waals surface area (Å²) in [6.45, 7) is 8.05. The van der Waals surface area contributed by atoms with Crippen molar-refractivity contribution in [1.82, 2.24) is 10.3 Å². The number of nitrogens with zero attached hydrogens (tertiary/aromatic N) is 1. The van der Waals surface area contributed by atoms with E-state index in [0.717, 1.165) is 24.3 Å². The van der Waals surface area contributed by atoms with Crippen molar-refractivity contribution in [3.63, 3.8) is 0 Å². The van der Waals surface area contributed by atoms with E-state index < -0.39 is 0 Å². The van der Waals surface area contributed by atoms with Crippen LogP contribution in [0, 0.1) is 0 Å². The molecule has 1 aromatic heterocycles. The Morgan fingerprint density at radius 3 is 2.76 bits per heavy atom. The topological polar surface area (TPSA) is 34.2 Å². The highest BCUT2D eigenvalue weighted by atomic mass is 16.5. The van der Waals surface area contributed by atoms with Crippen LogP contribution < -0.4 is 10.1 Å². The smallest absolute Gasteiger partial charge is 0.138 e. The Hall–Kier alpha value is -1.87. The van der Waals surface area contributed by atoms with Crippen LogP contribution in [0.25, 0.3) is 11.1 Å². The number of hydrogen-bond donors (Lipinski definition) is 1. The molecule has 0 fully saturated rings. The van der Waals surface area contributed by atoms with Crippen LogP contribution in [0.15, 0.2) is 42.7 Å². The highest BCUT2D eigenvalue weighted by Crippen LogP contribution is 2.25. The quantitative estimate of drug-likeness (QED) is 0.827. The molecular formula is C18H24N2O. The molecule has 1 unspecified atom stereocenters. The summed E-state index contributed by atoms with van der Waals surface area (Å²) < 4.78 is 5.52. The van der Waals surface area contributed by atoms with Gasteiger partial charge in [-0.1, -0.05) is 25.1 Å². The van der Waals surface area contributed by atoms with Crippen molar-refractivity contribution in [2.75, 3.05) is 13.2 Å². The Kier molecular flexibility index (Phi) is 5.76. The van der Waals surface area contributed by atoms with Gasteiger partial charge >= 0.3 is 0 Å². The third-order valence-corrected chi connectivity index (χ3v) is 3.44. The fourth-order valence-corrected chi connectivity index (χ4v) is 2.29. The lowest BCUT2D eigenvalue weighted by Crippen LogP contribution is -2.19. The first-order chi connectivity index (χ1) is 10.2. The molecule has 21 heavy (non-hydrogen) atoms. The first-order valence-electron chi connectivity index (χ1n) is 7.66. The van der Waals surface area contributed by atoms with Crippen LogP contribution in [0.1, 0.15) is 38.8 Å². The maximum atomic E-state index is 5.52. The number of benzene rings is 1. The Balaban J connectivity index is 2.22. The van der Waals surface area contributed by atoms with E-state index in [0.29, 0.717) is 12.6 Å². The molecular weight excluding hydrogens is 260 g/mol. The summed E-state index contributed by atoms with van der Waals surface area (Å²) in [5.41, 5.74) is 3.56. The van der Waals surface area contributed by atoms with E-state index in [-0.39, 0.29) is 0 Å². The molecule has 1 heterocycles. The number of rotatable bonds is 7. The second-order valence-electron chi connectivity index (χ2n) is 5.14. The largest absolute Gasteiger partial charge is 0.492 e. The Morgan fingerprint density at radius 2 is 2.00 bits per heavy atom. The number of aromatic nitrogens is 1. The number of pyridine rings is 1. The Labute approximate surface area is 127 Å². The first-order valence-corrected chi connectivity index (χ1v) is 7.66. The van der Waals surface area contributed by atoms with Gasteiger partial charge in [-0.25, -0.2) is 0 Å². The minimum atomic E-state index is 0.355. The van der Waals surface area contributed by atoms with Crippen LogP contribution in [0.2, 0.25) is 0 Å². The van der Waals surface area contributed by atoms with Gasteiger partial charge in [0.05, 0.1) is 12.8 Å². The minimum Gasteiger partial charge on any atom is -0.492 e. The summed E-state index contributed by atoms with van der Waals surface area (Å²) in [5.74, 6) is 0.817. The molecule has 1 aromatic carbocycles. The molecule has 0 saturated carbocycles. The van der Waals surface area contributed by atoms with E-state index in [1.165, 1.54) is 11.1 Å². The van der Waals surface area contributed by atoms with Gasteiger partial charge in [0.25, 0.3) is 0 Å². The molecule has 0 aliphatic rings. The molecule has 0 aliphatic heterocycles. The fraction of sp³-hybridized carbons (Fsp3) is 0.389. The van der Waals surface area contributed by atoms with Crippen molar-refractivity contribution in [2.45, 2.75) is 33.2 Å². The molecule has 0 amide bonds. The van der Waals surface area contributed by atoms with Crippen LogP contribution in [-0.4, -0.2) is 18.1 Å². The average molecular weight is 284 g/mol. The van der Waals surface area contributed by atoms with E-state index in [2.05, 4.69) is 48.4 Å². The monoisotopic (exact) mass is 284 g/mol. The number of ether oxygens (including phenoxy) is 1. The van der Waals surface area contributed by atoms with Crippen molar-refractivity contribution in [1.29, 1.82) is 0 Å². The maximum Gasteiger partial charge on any atom is 0.138 e. The minimum absolute atomic E-state index is 0.355. The van der Waals surface area contributed by atoms with Crippen molar-refractivity contribution in [3.05, 3.63) is 48.3 Å². The number of hydrogen-bond acceptors (Lipinski definition) is 3. The van der Waals surface area contributed by atoms with Crippen molar-refractivity contribution in [2.24, 2.45) is 0 Å². The number of nitrogens with one attached hydrogen (secondary N) is 1. The van der Waals surface area contributed by atoms with E-state index in [1.807, 2.05) is 19.2 Å². The van der Waals surface area contributed by atoms with E-state index in [9.17, 15) is 0 Å². The van der Waals surface area contributed by atoms with Gasteiger partial charge in [-0.3, -0.25) is 4.98 Å². The summed E-state index contributed by atoms with van der Waals surface area (Å²) in [6.07, 6.45) is 4.78. The lowest BCUT2D eigenvalue weighted by molar-refractivity contribution is 0.339. The molecule has 0 aliphatic carbocycles. The van der Waals surface area contributed by atoms with Gasteiger partial charge in [0.1, 0.15) is 5.75 Å². The predicted molar refractivity (Wildman–Crippen MR) is 87.6 cm³/mol. The highest BCUT2D eigenvalue weighted by molar-refractivity contribution is 5.64. The Bertz CT molecular complexity index is 569. The van der Waals surface area contributed by atoms with Crippen LogP contribution in [0.3, 0.4) is 0 Å². The summed E-state index contributed by atoms with van der Waals surface area (Å²) in [6, 6.07) is 11.0. The highest BCUT2D eigenvalue weighted by Gasteiger charge is 2.07. The zero-order valence-electron chi connectivity index (χ0n) is 13.1. The molecule has 0 bridgehead atoms. The molecule has 1 N–H and O–H groups in total. The lowest BCUT2D eigenvalue weighted by Gasteiger charge is -2.15. The standard InChI is InChI=1S/C18H24N2O/c1-4-9-20-14(3)15-7-6-8-16(10-15)17-11-18(21-5-2)13-19-12-17/h6-8,10-14,20H,4-5,9H2,1-3H3. The van der Waals surface area contributed by atoms with Gasteiger partial charge in [0, 0.05) is 17.8 Å². The molecule has 1 atom stereocenters. The van der Waals surface area contributed by atoms with Crippen molar-refractivity contribution in [3.8, 4) is 16.9 Å². The van der Waals surface area contributed by atoms with Crippen molar-refractivity contribution < 1.29 is 4.74 Å². The summed E-state index contributed by atoms with van der Waals surface area (Å²) in [4.78, 5) is 4.26. The zero-order valence-corrected chi connectivity index (χ0v) is 13.1. The molecule has 0 radical (unpaired) electrons. The third-order valence-electron chi connectivity index (χ3n) is 3.44. The summed E-state index contributed by atoms with van der Waals surface area (Å²) >= 11 is 0. The summed E-state index contributed by atoms with van der Waals surface area (Å²) in [7, 11) is 0. The van der Waals surface area contributed by atoms with Crippen LogP contribution in [0.5, 0.6) is 5.75 Å². The van der Waals surface area contributed by atoms with Gasteiger partial charge < -0.3 is 10.1 Å². The normalized spacial score (nSPS) is 12.1. The first kappa shape index (κ1) is 15.5. The van der Waals surface area contributed by atoms with Gasteiger partial charge in [0.15, 0.2) is 0 Å². The molecule has 3 heteroatoms. The van der Waals surface area contributed by atoms with E-state index >= 15 is 0 Å².